The van der Waals surface area contributed by atoms with E-state index in [1.807, 2.05) is 0 Å². The molecule has 0 aliphatic rings. The van der Waals surface area contributed by atoms with Crippen molar-refractivity contribution in [2.45, 2.75) is 26.4 Å². The zero-order valence-electron chi connectivity index (χ0n) is 13.5. The SMILES string of the molecule is CC(C)(C)OC(=O)N(c1ccc(F)cc1)c1ccccc1[N+](=O)[O-]. The lowest BCUT2D eigenvalue weighted by molar-refractivity contribution is -0.384. The molecule has 0 fully saturated rings. The average Bonchev–Trinajstić information content (AvgIpc) is 2.48. The van der Waals surface area contributed by atoms with Gasteiger partial charge in [-0.25, -0.2) is 14.1 Å². The van der Waals surface area contributed by atoms with Crippen molar-refractivity contribution < 1.29 is 18.8 Å². The number of benzene rings is 2. The monoisotopic (exact) mass is 332 g/mol. The second-order valence-corrected chi connectivity index (χ2v) is 6.04. The molecule has 0 aromatic heterocycles. The Bertz CT molecular complexity index is 754. The van der Waals surface area contributed by atoms with Crippen molar-refractivity contribution in [3.8, 4) is 0 Å². The van der Waals surface area contributed by atoms with Crippen molar-refractivity contribution in [2.24, 2.45) is 0 Å². The maximum Gasteiger partial charge on any atom is 0.419 e. The Balaban J connectivity index is 2.57. The predicted octanol–water partition coefficient (Wildman–Crippen LogP) is 4.81. The molecule has 2 rings (SSSR count). The third kappa shape index (κ3) is 4.07. The molecule has 6 nitrogen and oxygen atoms in total. The van der Waals surface area contributed by atoms with Crippen molar-refractivity contribution in [2.75, 3.05) is 4.90 Å². The Morgan fingerprint density at radius 1 is 1.12 bits per heavy atom. The number of anilines is 2. The zero-order chi connectivity index (χ0) is 17.9. The number of amides is 1. The van der Waals surface area contributed by atoms with Crippen LogP contribution in [0.1, 0.15) is 20.8 Å². The summed E-state index contributed by atoms with van der Waals surface area (Å²) in [5.74, 6) is -0.481. The van der Waals surface area contributed by atoms with Crippen molar-refractivity contribution in [1.82, 2.24) is 0 Å². The third-order valence-electron chi connectivity index (χ3n) is 2.98. The van der Waals surface area contributed by atoms with Crippen LogP contribution in [0.3, 0.4) is 0 Å². The summed E-state index contributed by atoms with van der Waals surface area (Å²) >= 11 is 0. The summed E-state index contributed by atoms with van der Waals surface area (Å²) in [6, 6.07) is 10.8. The highest BCUT2D eigenvalue weighted by atomic mass is 19.1. The minimum atomic E-state index is -0.793. The molecule has 2 aromatic carbocycles. The molecule has 0 aliphatic heterocycles. The Kier molecular flexibility index (Phi) is 4.82. The summed E-state index contributed by atoms with van der Waals surface area (Å²) in [6.45, 7) is 5.06. The zero-order valence-corrected chi connectivity index (χ0v) is 13.5. The van der Waals surface area contributed by atoms with Crippen molar-refractivity contribution in [3.63, 3.8) is 0 Å². The van der Waals surface area contributed by atoms with Crippen LogP contribution in [0, 0.1) is 15.9 Å². The first-order valence-electron chi connectivity index (χ1n) is 7.21. The summed E-state index contributed by atoms with van der Waals surface area (Å²) in [5, 5.41) is 11.3. The van der Waals surface area contributed by atoms with E-state index in [1.165, 1.54) is 42.5 Å². The Morgan fingerprint density at radius 2 is 1.71 bits per heavy atom. The van der Waals surface area contributed by atoms with E-state index in [4.69, 9.17) is 4.74 Å². The third-order valence-corrected chi connectivity index (χ3v) is 2.98. The van der Waals surface area contributed by atoms with Crippen molar-refractivity contribution in [1.29, 1.82) is 0 Å². The van der Waals surface area contributed by atoms with Gasteiger partial charge in [-0.3, -0.25) is 10.1 Å². The van der Waals surface area contributed by atoms with Gasteiger partial charge in [0.05, 0.1) is 10.6 Å². The fraction of sp³-hybridized carbons (Fsp3) is 0.235. The van der Waals surface area contributed by atoms with Gasteiger partial charge in [0.25, 0.3) is 5.69 Å². The number of hydrogen-bond acceptors (Lipinski definition) is 4. The molecule has 0 aliphatic carbocycles. The molecule has 1 amide bonds. The maximum atomic E-state index is 13.2. The number of nitro groups is 1. The minimum absolute atomic E-state index is 0.0448. The molecule has 126 valence electrons. The number of rotatable bonds is 3. The molecule has 0 bridgehead atoms. The number of nitrogens with zero attached hydrogens (tertiary/aromatic N) is 2. The molecular weight excluding hydrogens is 315 g/mol. The Labute approximate surface area is 138 Å². The second-order valence-electron chi connectivity index (χ2n) is 6.04. The van der Waals surface area contributed by atoms with E-state index < -0.39 is 22.4 Å². The normalized spacial score (nSPS) is 11.0. The first-order chi connectivity index (χ1) is 11.2. The van der Waals surface area contributed by atoms with Crippen LogP contribution in [0.4, 0.5) is 26.2 Å². The highest BCUT2D eigenvalue weighted by Gasteiger charge is 2.29. The van der Waals surface area contributed by atoms with Gasteiger partial charge in [0.15, 0.2) is 0 Å². The average molecular weight is 332 g/mol. The molecule has 0 saturated heterocycles. The number of ether oxygens (including phenoxy) is 1. The van der Waals surface area contributed by atoms with E-state index in [2.05, 4.69) is 0 Å². The van der Waals surface area contributed by atoms with Gasteiger partial charge >= 0.3 is 6.09 Å². The molecule has 2 aromatic rings. The molecule has 0 atom stereocenters. The quantitative estimate of drug-likeness (QED) is 0.597. The largest absolute Gasteiger partial charge is 0.443 e. The Hall–Kier alpha value is -2.96. The second kappa shape index (κ2) is 6.66. The summed E-state index contributed by atoms with van der Waals surface area (Å²) in [5.41, 5.74) is -0.741. The fourth-order valence-electron chi connectivity index (χ4n) is 2.05. The number of nitro benzene ring substituents is 1. The van der Waals surface area contributed by atoms with Crippen LogP contribution < -0.4 is 4.90 Å². The lowest BCUT2D eigenvalue weighted by Crippen LogP contribution is -2.34. The van der Waals surface area contributed by atoms with Gasteiger partial charge in [-0.15, -0.1) is 0 Å². The van der Waals surface area contributed by atoms with Crippen LogP contribution in [-0.2, 0) is 4.74 Å². The topological polar surface area (TPSA) is 72.7 Å². The molecule has 7 heteroatoms. The molecule has 0 spiro atoms. The van der Waals surface area contributed by atoms with Gasteiger partial charge in [0.1, 0.15) is 17.1 Å². The lowest BCUT2D eigenvalue weighted by atomic mass is 10.2. The summed E-state index contributed by atoms with van der Waals surface area (Å²) in [7, 11) is 0. The van der Waals surface area contributed by atoms with Crippen molar-refractivity contribution in [3.05, 3.63) is 64.5 Å². The van der Waals surface area contributed by atoms with Crippen LogP contribution in [0.5, 0.6) is 0 Å². The van der Waals surface area contributed by atoms with Crippen molar-refractivity contribution >= 4 is 23.2 Å². The van der Waals surface area contributed by atoms with E-state index >= 15 is 0 Å². The first kappa shape index (κ1) is 17.4. The first-order valence-corrected chi connectivity index (χ1v) is 7.21. The fourth-order valence-corrected chi connectivity index (χ4v) is 2.05. The molecule has 0 unspecified atom stereocenters. The molecular formula is C17H17FN2O4. The summed E-state index contributed by atoms with van der Waals surface area (Å²) in [4.78, 5) is 24.4. The van der Waals surface area contributed by atoms with Crippen LogP contribution in [0.25, 0.3) is 0 Å². The maximum absolute atomic E-state index is 13.2. The molecule has 24 heavy (non-hydrogen) atoms. The van der Waals surface area contributed by atoms with Gasteiger partial charge < -0.3 is 4.74 Å². The van der Waals surface area contributed by atoms with E-state index in [0.29, 0.717) is 0 Å². The standard InChI is InChI=1S/C17H17FN2O4/c1-17(2,3)24-16(21)19(13-10-8-12(18)9-11-13)14-6-4-5-7-15(14)20(22)23/h4-11H,1-3H3. The molecule has 0 radical (unpaired) electrons. The number of para-hydroxylation sites is 2. The van der Waals surface area contributed by atoms with Gasteiger partial charge in [0, 0.05) is 6.07 Å². The van der Waals surface area contributed by atoms with Gasteiger partial charge in [-0.2, -0.15) is 0 Å². The highest BCUT2D eigenvalue weighted by Crippen LogP contribution is 2.34. The number of hydrogen-bond donors (Lipinski definition) is 0. The molecule has 0 saturated carbocycles. The molecule has 0 heterocycles. The van der Waals surface area contributed by atoms with Crippen LogP contribution in [0.2, 0.25) is 0 Å². The smallest absolute Gasteiger partial charge is 0.419 e. The van der Waals surface area contributed by atoms with Crippen LogP contribution >= 0.6 is 0 Å². The van der Waals surface area contributed by atoms with E-state index in [-0.39, 0.29) is 17.1 Å². The summed E-state index contributed by atoms with van der Waals surface area (Å²) in [6.07, 6.45) is -0.789. The van der Waals surface area contributed by atoms with Crippen LogP contribution in [0.15, 0.2) is 48.5 Å². The van der Waals surface area contributed by atoms with E-state index in [9.17, 15) is 19.3 Å². The lowest BCUT2D eigenvalue weighted by Gasteiger charge is -2.27. The predicted molar refractivity (Wildman–Crippen MR) is 87.9 cm³/mol. The van der Waals surface area contributed by atoms with Gasteiger partial charge in [-0.1, -0.05) is 12.1 Å². The van der Waals surface area contributed by atoms with Gasteiger partial charge in [-0.05, 0) is 51.1 Å². The number of halogens is 1. The number of carbonyl (C=O) groups is 1. The van der Waals surface area contributed by atoms with E-state index in [1.54, 1.807) is 26.8 Å². The minimum Gasteiger partial charge on any atom is -0.443 e. The molecule has 0 N–H and O–H groups in total. The van der Waals surface area contributed by atoms with E-state index in [0.717, 1.165) is 4.90 Å². The summed E-state index contributed by atoms with van der Waals surface area (Å²) < 4.78 is 18.5. The van der Waals surface area contributed by atoms with Gasteiger partial charge in [0.2, 0.25) is 0 Å². The van der Waals surface area contributed by atoms with Crippen LogP contribution in [-0.4, -0.2) is 16.6 Å². The Morgan fingerprint density at radius 3 is 2.25 bits per heavy atom. The number of carbonyl (C=O) groups excluding carboxylic acids is 1. The highest BCUT2D eigenvalue weighted by molar-refractivity contribution is 5.98.